The van der Waals surface area contributed by atoms with Gasteiger partial charge in [0.2, 0.25) is 0 Å². The molecule has 0 bridgehead atoms. The van der Waals surface area contributed by atoms with Gasteiger partial charge in [0.1, 0.15) is 6.54 Å². The van der Waals surface area contributed by atoms with E-state index in [-0.39, 0.29) is 13.2 Å². The van der Waals surface area contributed by atoms with Crippen molar-refractivity contribution in [2.24, 2.45) is 0 Å². The SMILES string of the molecule is CCOC(=O)CN1C(=O)S/C(=C/c2c(C)n(Cc3ccccc3)c3ccccc23)C1=O. The zero-order valence-electron chi connectivity index (χ0n) is 17.3. The molecule has 1 aliphatic rings. The second-order valence-corrected chi connectivity index (χ2v) is 8.15. The summed E-state index contributed by atoms with van der Waals surface area (Å²) in [4.78, 5) is 38.1. The van der Waals surface area contributed by atoms with E-state index < -0.39 is 17.1 Å². The van der Waals surface area contributed by atoms with Gasteiger partial charge >= 0.3 is 5.97 Å². The number of benzene rings is 2. The van der Waals surface area contributed by atoms with E-state index in [4.69, 9.17) is 4.74 Å². The molecule has 0 aliphatic carbocycles. The number of rotatable bonds is 6. The summed E-state index contributed by atoms with van der Waals surface area (Å²) in [5, 5.41) is 0.545. The minimum atomic E-state index is -0.596. The number of nitrogens with zero attached hydrogens (tertiary/aromatic N) is 2. The molecule has 1 fully saturated rings. The molecule has 1 aromatic heterocycles. The highest BCUT2D eigenvalue weighted by atomic mass is 32.2. The lowest BCUT2D eigenvalue weighted by molar-refractivity contribution is -0.145. The Bertz CT molecular complexity index is 1200. The molecule has 0 spiro atoms. The topological polar surface area (TPSA) is 68.6 Å². The largest absolute Gasteiger partial charge is 0.465 e. The number of aromatic nitrogens is 1. The number of hydrogen-bond donors (Lipinski definition) is 0. The Morgan fingerprint density at radius 1 is 1.06 bits per heavy atom. The van der Waals surface area contributed by atoms with Gasteiger partial charge in [-0.2, -0.15) is 0 Å². The highest BCUT2D eigenvalue weighted by Gasteiger charge is 2.37. The van der Waals surface area contributed by atoms with E-state index in [0.717, 1.165) is 38.8 Å². The van der Waals surface area contributed by atoms with Crippen LogP contribution < -0.4 is 0 Å². The van der Waals surface area contributed by atoms with Crippen LogP contribution in [0.25, 0.3) is 17.0 Å². The molecule has 6 nitrogen and oxygen atoms in total. The number of ether oxygens (including phenoxy) is 1. The molecule has 0 N–H and O–H groups in total. The summed E-state index contributed by atoms with van der Waals surface area (Å²) in [5.74, 6) is -1.07. The zero-order valence-corrected chi connectivity index (χ0v) is 18.1. The predicted molar refractivity (Wildman–Crippen MR) is 122 cm³/mol. The van der Waals surface area contributed by atoms with Crippen molar-refractivity contribution in [1.82, 2.24) is 9.47 Å². The van der Waals surface area contributed by atoms with Crippen molar-refractivity contribution >= 4 is 45.9 Å². The normalized spacial score (nSPS) is 15.3. The number of esters is 1. The number of amides is 2. The third kappa shape index (κ3) is 4.14. The van der Waals surface area contributed by atoms with Gasteiger partial charge in [0.25, 0.3) is 11.1 Å². The van der Waals surface area contributed by atoms with Crippen LogP contribution in [0.4, 0.5) is 4.79 Å². The van der Waals surface area contributed by atoms with Crippen molar-refractivity contribution in [3.63, 3.8) is 0 Å². The monoisotopic (exact) mass is 434 g/mol. The van der Waals surface area contributed by atoms with Crippen LogP contribution in [0.3, 0.4) is 0 Å². The summed E-state index contributed by atoms with van der Waals surface area (Å²) in [6, 6.07) is 18.2. The number of imide groups is 1. The quantitative estimate of drug-likeness (QED) is 0.419. The molecule has 158 valence electrons. The van der Waals surface area contributed by atoms with Gasteiger partial charge in [0.15, 0.2) is 0 Å². The lowest BCUT2D eigenvalue weighted by Gasteiger charge is -2.10. The van der Waals surface area contributed by atoms with Gasteiger partial charge in [-0.25, -0.2) is 0 Å². The fraction of sp³-hybridized carbons (Fsp3) is 0.208. The van der Waals surface area contributed by atoms with Gasteiger partial charge in [-0.15, -0.1) is 0 Å². The van der Waals surface area contributed by atoms with E-state index in [2.05, 4.69) is 22.8 Å². The molecule has 4 rings (SSSR count). The van der Waals surface area contributed by atoms with Gasteiger partial charge in [0.05, 0.1) is 11.5 Å². The smallest absolute Gasteiger partial charge is 0.326 e. The molecule has 0 radical (unpaired) electrons. The van der Waals surface area contributed by atoms with Crippen molar-refractivity contribution in [1.29, 1.82) is 0 Å². The molecule has 0 unspecified atom stereocenters. The Hall–Kier alpha value is -3.32. The Morgan fingerprint density at radius 2 is 1.77 bits per heavy atom. The molecule has 2 aromatic carbocycles. The van der Waals surface area contributed by atoms with Crippen LogP contribution >= 0.6 is 11.8 Å². The van der Waals surface area contributed by atoms with Gasteiger partial charge in [0, 0.05) is 28.7 Å². The molecular weight excluding hydrogens is 412 g/mol. The summed E-state index contributed by atoms with van der Waals surface area (Å²) in [5.41, 5.74) is 4.13. The van der Waals surface area contributed by atoms with Crippen LogP contribution in [0.2, 0.25) is 0 Å². The van der Waals surface area contributed by atoms with E-state index in [1.165, 1.54) is 5.56 Å². The number of fused-ring (bicyclic) bond motifs is 1. The number of carbonyl (C=O) groups is 3. The summed E-state index contributed by atoms with van der Waals surface area (Å²) in [6.07, 6.45) is 1.76. The summed E-state index contributed by atoms with van der Waals surface area (Å²) < 4.78 is 7.08. The first-order valence-corrected chi connectivity index (χ1v) is 10.8. The van der Waals surface area contributed by atoms with E-state index in [9.17, 15) is 14.4 Å². The Labute approximate surface area is 184 Å². The lowest BCUT2D eigenvalue weighted by Crippen LogP contribution is -2.34. The minimum absolute atomic E-state index is 0.199. The summed E-state index contributed by atoms with van der Waals surface area (Å²) in [7, 11) is 0. The number of carbonyl (C=O) groups excluding carboxylic acids is 3. The maximum absolute atomic E-state index is 12.8. The van der Waals surface area contributed by atoms with Crippen LogP contribution in [0.1, 0.15) is 23.7 Å². The zero-order chi connectivity index (χ0) is 22.0. The number of thioether (sulfide) groups is 1. The van der Waals surface area contributed by atoms with Crippen molar-refractivity contribution in [3.8, 4) is 0 Å². The van der Waals surface area contributed by atoms with Crippen LogP contribution in [0, 0.1) is 6.92 Å². The standard InChI is InChI=1S/C24H22N2O4S/c1-3-30-22(27)15-26-23(28)21(31-24(26)29)13-19-16(2)25(14-17-9-5-4-6-10-17)20-12-8-7-11-18(19)20/h4-13H,3,14-15H2,1-2H3/b21-13+. The van der Waals surface area contributed by atoms with E-state index in [1.54, 1.807) is 13.0 Å². The first-order chi connectivity index (χ1) is 15.0. The maximum atomic E-state index is 12.8. The predicted octanol–water partition coefficient (Wildman–Crippen LogP) is 4.60. The van der Waals surface area contributed by atoms with Crippen molar-refractivity contribution in [2.45, 2.75) is 20.4 Å². The number of hydrogen-bond acceptors (Lipinski definition) is 5. The number of para-hydroxylation sites is 1. The summed E-state index contributed by atoms with van der Waals surface area (Å²) in [6.45, 7) is 4.22. The second-order valence-electron chi connectivity index (χ2n) is 7.16. The fourth-order valence-corrected chi connectivity index (χ4v) is 4.53. The molecule has 1 saturated heterocycles. The first kappa shape index (κ1) is 20.9. The highest BCUT2D eigenvalue weighted by molar-refractivity contribution is 8.18. The molecule has 7 heteroatoms. The lowest BCUT2D eigenvalue weighted by atomic mass is 10.1. The molecular formula is C24H22N2O4S. The Balaban J connectivity index is 1.71. The van der Waals surface area contributed by atoms with Gasteiger partial charge in [-0.05, 0) is 43.3 Å². The van der Waals surface area contributed by atoms with Crippen LogP contribution in [0.5, 0.6) is 0 Å². The molecule has 0 saturated carbocycles. The average Bonchev–Trinajstić information content (AvgIpc) is 3.18. The van der Waals surface area contributed by atoms with Gasteiger partial charge in [-0.1, -0.05) is 48.5 Å². The van der Waals surface area contributed by atoms with E-state index in [1.807, 2.05) is 43.3 Å². The molecule has 1 aliphatic heterocycles. The van der Waals surface area contributed by atoms with Crippen LogP contribution in [-0.2, 0) is 20.9 Å². The second kappa shape index (κ2) is 8.81. The van der Waals surface area contributed by atoms with Gasteiger partial charge < -0.3 is 9.30 Å². The van der Waals surface area contributed by atoms with Crippen molar-refractivity contribution < 1.29 is 19.1 Å². The van der Waals surface area contributed by atoms with E-state index >= 15 is 0 Å². The molecule has 0 atom stereocenters. The average molecular weight is 435 g/mol. The highest BCUT2D eigenvalue weighted by Crippen LogP contribution is 2.35. The third-order valence-electron chi connectivity index (χ3n) is 5.20. The van der Waals surface area contributed by atoms with Crippen molar-refractivity contribution in [2.75, 3.05) is 13.2 Å². The van der Waals surface area contributed by atoms with Gasteiger partial charge in [-0.3, -0.25) is 19.3 Å². The maximum Gasteiger partial charge on any atom is 0.326 e. The third-order valence-corrected chi connectivity index (χ3v) is 6.11. The Morgan fingerprint density at radius 3 is 2.52 bits per heavy atom. The van der Waals surface area contributed by atoms with Crippen LogP contribution in [-0.4, -0.2) is 39.7 Å². The van der Waals surface area contributed by atoms with Crippen LogP contribution in [0.15, 0.2) is 59.5 Å². The Kier molecular flexibility index (Phi) is 5.95. The van der Waals surface area contributed by atoms with E-state index in [0.29, 0.717) is 11.4 Å². The molecule has 3 aromatic rings. The van der Waals surface area contributed by atoms with Crippen molar-refractivity contribution in [3.05, 3.63) is 76.3 Å². The molecule has 2 heterocycles. The molecule has 31 heavy (non-hydrogen) atoms. The summed E-state index contributed by atoms with van der Waals surface area (Å²) >= 11 is 0.849. The molecule has 2 amide bonds. The minimum Gasteiger partial charge on any atom is -0.465 e. The first-order valence-electron chi connectivity index (χ1n) is 10.0. The fourth-order valence-electron chi connectivity index (χ4n) is 3.71.